The molecular formula is C65H100N2O4. The highest BCUT2D eigenvalue weighted by Gasteiger charge is 2.10. The van der Waals surface area contributed by atoms with Crippen molar-refractivity contribution in [3.05, 3.63) is 152 Å². The van der Waals surface area contributed by atoms with Gasteiger partial charge in [-0.25, -0.2) is 0 Å². The van der Waals surface area contributed by atoms with E-state index >= 15 is 0 Å². The third-order valence-electron chi connectivity index (χ3n) is 13.2. The van der Waals surface area contributed by atoms with E-state index in [1.54, 1.807) is 28.4 Å². The summed E-state index contributed by atoms with van der Waals surface area (Å²) >= 11 is 0. The van der Waals surface area contributed by atoms with Gasteiger partial charge in [-0.3, -0.25) is 4.90 Å². The van der Waals surface area contributed by atoms with Crippen LogP contribution >= 0.6 is 0 Å². The second-order valence-corrected chi connectivity index (χ2v) is 20.3. The van der Waals surface area contributed by atoms with Crippen molar-refractivity contribution >= 4 is 0 Å². The third kappa shape index (κ3) is 30.0. The predicted molar refractivity (Wildman–Crippen MR) is 309 cm³/mol. The molecule has 6 heteroatoms. The Kier molecular flexibility index (Phi) is 33.3. The zero-order valence-electron chi connectivity index (χ0n) is 47.6. The average Bonchev–Trinajstić information content (AvgIpc) is 3.34. The second-order valence-electron chi connectivity index (χ2n) is 20.3. The Bertz CT molecular complexity index is 2120. The first-order valence-corrected chi connectivity index (χ1v) is 26.9. The molecular weight excluding hydrogens is 873 g/mol. The van der Waals surface area contributed by atoms with Gasteiger partial charge < -0.3 is 24.3 Å². The summed E-state index contributed by atoms with van der Waals surface area (Å²) in [5, 5.41) is 3.63. The summed E-state index contributed by atoms with van der Waals surface area (Å²) in [6, 6.07) is 12.3. The predicted octanol–water partition coefficient (Wildman–Crippen LogP) is 18.1. The van der Waals surface area contributed by atoms with Gasteiger partial charge in [0.2, 0.25) is 0 Å². The fourth-order valence-electron chi connectivity index (χ4n) is 8.45. The first-order valence-electron chi connectivity index (χ1n) is 26.9. The van der Waals surface area contributed by atoms with Crippen LogP contribution in [0.15, 0.2) is 141 Å². The van der Waals surface area contributed by atoms with Crippen LogP contribution in [0.4, 0.5) is 0 Å². The minimum absolute atomic E-state index is 0.743. The molecule has 0 saturated heterocycles. The van der Waals surface area contributed by atoms with Gasteiger partial charge in [-0.2, -0.15) is 0 Å². The second kappa shape index (κ2) is 37.9. The summed E-state index contributed by atoms with van der Waals surface area (Å²) < 4.78 is 22.0. The lowest BCUT2D eigenvalue weighted by atomic mass is 10.0. The van der Waals surface area contributed by atoms with E-state index in [1.807, 2.05) is 18.2 Å². The first-order chi connectivity index (χ1) is 34.1. The highest BCUT2D eigenvalue weighted by Crippen LogP contribution is 2.29. The van der Waals surface area contributed by atoms with Gasteiger partial charge in [0.1, 0.15) is 0 Å². The minimum Gasteiger partial charge on any atom is -0.493 e. The maximum Gasteiger partial charge on any atom is 0.161 e. The molecule has 0 heterocycles. The van der Waals surface area contributed by atoms with E-state index in [2.05, 4.69) is 152 Å². The molecule has 0 saturated carbocycles. The molecule has 0 aliphatic heterocycles. The molecule has 0 atom stereocenters. The Morgan fingerprint density at radius 3 is 1.04 bits per heavy atom. The Balaban J connectivity index is 1.72. The molecule has 71 heavy (non-hydrogen) atoms. The molecule has 0 aliphatic carbocycles. The van der Waals surface area contributed by atoms with Crippen molar-refractivity contribution in [1.82, 2.24) is 10.2 Å². The monoisotopic (exact) mass is 973 g/mol. The van der Waals surface area contributed by atoms with Gasteiger partial charge in [-0.15, -0.1) is 0 Å². The molecule has 2 aromatic carbocycles. The van der Waals surface area contributed by atoms with Gasteiger partial charge >= 0.3 is 0 Å². The van der Waals surface area contributed by atoms with Gasteiger partial charge in [-0.05, 0) is 207 Å². The molecule has 0 bridgehead atoms. The van der Waals surface area contributed by atoms with Gasteiger partial charge in [0.25, 0.3) is 0 Å². The summed E-state index contributed by atoms with van der Waals surface area (Å²) in [7, 11) is 6.71. The number of nitrogens with one attached hydrogen (secondary N) is 1. The van der Waals surface area contributed by atoms with Crippen molar-refractivity contribution in [2.75, 3.05) is 48.1 Å². The molecule has 0 unspecified atom stereocenters. The number of ether oxygens (including phenoxy) is 4. The van der Waals surface area contributed by atoms with Crippen molar-refractivity contribution in [2.24, 2.45) is 0 Å². The van der Waals surface area contributed by atoms with Crippen LogP contribution in [0.1, 0.15) is 183 Å². The highest BCUT2D eigenvalue weighted by molar-refractivity contribution is 5.43. The summed E-state index contributed by atoms with van der Waals surface area (Å²) in [4.78, 5) is 2.48. The van der Waals surface area contributed by atoms with E-state index in [9.17, 15) is 0 Å². The standard InChI is InChI=1S/C65H100N2O4/c1-51(2)23-15-24-52(3)25-16-26-53(4)27-17-28-54(5)29-18-30-55(6)31-19-32-56(7)33-20-34-57(8)35-21-36-58(9)37-22-38-59(10)43-45-67(50-61-40-42-63(69-12)65(48-61)71-14)46-44-66-49-60-39-41-62(68-11)64(47-60)70-13/h23,25,27,29,31,33,35,37,39-43,47-48,66H,15-22,24,26,28,30,32,34,36,38,44-46,49-50H2,1-14H3/b52-25+,53-27+,54-29+,55-31+,56-33-,57-35+,58-37+,59-43+. The number of allylic oxidation sites excluding steroid dienone is 17. The molecule has 2 aromatic rings. The largest absolute Gasteiger partial charge is 0.493 e. The molecule has 1 N–H and O–H groups in total. The van der Waals surface area contributed by atoms with Crippen LogP contribution < -0.4 is 24.3 Å². The summed E-state index contributed by atoms with van der Waals surface area (Å²) in [5.41, 5.74) is 15.8. The lowest BCUT2D eigenvalue weighted by Gasteiger charge is -2.22. The molecule has 0 spiro atoms. The number of hydrogen-bond acceptors (Lipinski definition) is 6. The van der Waals surface area contributed by atoms with E-state index in [-0.39, 0.29) is 0 Å². The molecule has 0 radical (unpaired) electrons. The summed E-state index contributed by atoms with van der Waals surface area (Å²) in [6.07, 6.45) is 40.2. The third-order valence-corrected chi connectivity index (χ3v) is 13.2. The number of rotatable bonds is 37. The molecule has 0 aliphatic rings. The fourth-order valence-corrected chi connectivity index (χ4v) is 8.45. The van der Waals surface area contributed by atoms with Gasteiger partial charge in [0, 0.05) is 32.7 Å². The van der Waals surface area contributed by atoms with E-state index in [0.717, 1.165) is 145 Å². The minimum atomic E-state index is 0.743. The van der Waals surface area contributed by atoms with Gasteiger partial charge in [0.05, 0.1) is 28.4 Å². The maximum atomic E-state index is 5.61. The van der Waals surface area contributed by atoms with Crippen molar-refractivity contribution in [3.63, 3.8) is 0 Å². The molecule has 394 valence electrons. The lowest BCUT2D eigenvalue weighted by molar-refractivity contribution is 0.291. The smallest absolute Gasteiger partial charge is 0.161 e. The summed E-state index contributed by atoms with van der Waals surface area (Å²) in [6.45, 7) is 26.9. The average molecular weight is 974 g/mol. The van der Waals surface area contributed by atoms with Crippen molar-refractivity contribution < 1.29 is 18.9 Å². The first kappa shape index (κ1) is 62.3. The zero-order chi connectivity index (χ0) is 52.2. The van der Waals surface area contributed by atoms with Crippen LogP contribution in [0, 0.1) is 0 Å². The Hall–Kier alpha value is -4.78. The van der Waals surface area contributed by atoms with E-state index in [1.165, 1.54) is 75.0 Å². The van der Waals surface area contributed by atoms with Crippen molar-refractivity contribution in [3.8, 4) is 23.0 Å². The van der Waals surface area contributed by atoms with Crippen LogP contribution in [-0.2, 0) is 13.1 Å². The number of benzene rings is 2. The van der Waals surface area contributed by atoms with Gasteiger partial charge in [-0.1, -0.05) is 117 Å². The number of nitrogens with zero attached hydrogens (tertiary/aromatic N) is 1. The molecule has 0 amide bonds. The SMILES string of the molecule is COc1ccc(CNCCN(C/C=C(\C)CC/C=C(\C)CC/C=C(\C)CC/C=C(/C)CC/C=C(\C)CC/C=C(\C)CC/C=C(\C)CC/C=C(\C)CCC=C(C)C)Cc2ccc(OC)c(OC)c2)cc1OC. The molecule has 0 fully saturated rings. The maximum absolute atomic E-state index is 5.61. The Labute approximate surface area is 435 Å². The van der Waals surface area contributed by atoms with E-state index in [4.69, 9.17) is 18.9 Å². The Morgan fingerprint density at radius 2 is 0.704 bits per heavy atom. The van der Waals surface area contributed by atoms with Crippen LogP contribution in [0.3, 0.4) is 0 Å². The van der Waals surface area contributed by atoms with Crippen LogP contribution in [0.2, 0.25) is 0 Å². The Morgan fingerprint density at radius 1 is 0.394 bits per heavy atom. The zero-order valence-corrected chi connectivity index (χ0v) is 47.6. The fraction of sp³-hybridized carbons (Fsp3) is 0.538. The van der Waals surface area contributed by atoms with Crippen molar-refractivity contribution in [1.29, 1.82) is 0 Å². The lowest BCUT2D eigenvalue weighted by Crippen LogP contribution is -2.32. The number of methoxy groups -OCH3 is 4. The van der Waals surface area contributed by atoms with Crippen LogP contribution in [0.5, 0.6) is 23.0 Å². The normalized spacial score (nSPS) is 13.6. The molecule has 6 nitrogen and oxygen atoms in total. The van der Waals surface area contributed by atoms with Crippen molar-refractivity contribution in [2.45, 2.75) is 185 Å². The van der Waals surface area contributed by atoms with Crippen LogP contribution in [-0.4, -0.2) is 53.0 Å². The highest BCUT2D eigenvalue weighted by atomic mass is 16.5. The molecule has 2 rings (SSSR count). The number of hydrogen-bond donors (Lipinski definition) is 1. The van der Waals surface area contributed by atoms with Gasteiger partial charge in [0.15, 0.2) is 23.0 Å². The summed E-state index contributed by atoms with van der Waals surface area (Å²) in [5.74, 6) is 3.00. The molecule has 0 aromatic heterocycles. The van der Waals surface area contributed by atoms with E-state index < -0.39 is 0 Å². The van der Waals surface area contributed by atoms with Crippen LogP contribution in [0.25, 0.3) is 0 Å². The topological polar surface area (TPSA) is 52.2 Å². The quantitative estimate of drug-likeness (QED) is 0.0538. The van der Waals surface area contributed by atoms with E-state index in [0.29, 0.717) is 0 Å².